The highest BCUT2D eigenvalue weighted by Crippen LogP contribution is 2.22. The lowest BCUT2D eigenvalue weighted by Gasteiger charge is -2.37. The number of likely N-dealkylation sites (tertiary alicyclic amines) is 1. The van der Waals surface area contributed by atoms with Crippen LogP contribution in [0, 0.1) is 22.7 Å². The van der Waals surface area contributed by atoms with Gasteiger partial charge >= 0.3 is 0 Å². The fourth-order valence-electron chi connectivity index (χ4n) is 3.90. The summed E-state index contributed by atoms with van der Waals surface area (Å²) >= 11 is 6.17. The Balaban J connectivity index is 1.55. The number of amides is 2. The number of carbonyl (C=O) groups excluding carboxylic acids is 2. The van der Waals surface area contributed by atoms with Crippen molar-refractivity contribution in [1.29, 1.82) is 10.7 Å². The van der Waals surface area contributed by atoms with E-state index in [1.807, 2.05) is 11.4 Å². The number of aromatic amines is 1. The highest BCUT2D eigenvalue weighted by molar-refractivity contribution is 6.31. The zero-order valence-electron chi connectivity index (χ0n) is 19.4. The number of hydrogen-bond donors (Lipinski definition) is 4. The van der Waals surface area contributed by atoms with Crippen LogP contribution in [0.3, 0.4) is 0 Å². The van der Waals surface area contributed by atoms with Gasteiger partial charge in [0.2, 0.25) is 5.91 Å². The minimum atomic E-state index is -0.757. The van der Waals surface area contributed by atoms with Gasteiger partial charge in [0.15, 0.2) is 5.65 Å². The molecular formula is C24H26ClN8O2+. The molecule has 0 spiro atoms. The molecule has 1 aliphatic heterocycles. The van der Waals surface area contributed by atoms with E-state index < -0.39 is 11.9 Å². The topological polar surface area (TPSA) is 155 Å². The number of nitrogens with one attached hydrogen (secondary N) is 3. The Morgan fingerprint density at radius 2 is 2.17 bits per heavy atom. The summed E-state index contributed by atoms with van der Waals surface area (Å²) in [4.78, 5) is 38.8. The molecule has 4 rings (SSSR count). The van der Waals surface area contributed by atoms with Gasteiger partial charge in [0.05, 0.1) is 41.6 Å². The first kappa shape index (κ1) is 24.3. The van der Waals surface area contributed by atoms with Crippen LogP contribution in [0.15, 0.2) is 30.6 Å². The van der Waals surface area contributed by atoms with Crippen LogP contribution in [0.2, 0.25) is 5.02 Å². The van der Waals surface area contributed by atoms with Gasteiger partial charge in [0, 0.05) is 30.4 Å². The number of quaternary nitrogens is 1. The molecule has 0 radical (unpaired) electrons. The lowest BCUT2D eigenvalue weighted by atomic mass is 10.0. The van der Waals surface area contributed by atoms with Gasteiger partial charge in [-0.25, -0.2) is 9.97 Å². The van der Waals surface area contributed by atoms with Gasteiger partial charge in [-0.3, -0.25) is 15.0 Å². The average Bonchev–Trinajstić information content (AvgIpc) is 3.25. The quantitative estimate of drug-likeness (QED) is 0.278. The number of rotatable bonds is 8. The molecule has 10 nitrogen and oxygen atoms in total. The number of nitrogens with two attached hydrogens (primary N) is 1. The van der Waals surface area contributed by atoms with E-state index in [0.717, 1.165) is 18.7 Å². The minimum Gasteiger partial charge on any atom is -0.344 e. The van der Waals surface area contributed by atoms with E-state index in [-0.39, 0.29) is 23.1 Å². The first-order valence-corrected chi connectivity index (χ1v) is 11.8. The van der Waals surface area contributed by atoms with Crippen LogP contribution in [0.25, 0.3) is 11.2 Å². The second-order valence-electron chi connectivity index (χ2n) is 8.52. The van der Waals surface area contributed by atoms with Gasteiger partial charge in [0.1, 0.15) is 22.9 Å². The van der Waals surface area contributed by atoms with Gasteiger partial charge in [-0.2, -0.15) is 5.26 Å². The molecule has 2 aromatic heterocycles. The zero-order chi connectivity index (χ0) is 25.1. The van der Waals surface area contributed by atoms with Crippen molar-refractivity contribution < 1.29 is 14.9 Å². The second-order valence-corrected chi connectivity index (χ2v) is 8.96. The predicted molar refractivity (Wildman–Crippen MR) is 131 cm³/mol. The smallest absolute Gasteiger partial charge is 0.255 e. The molecular weight excluding hydrogens is 468 g/mol. The number of fused-ring (bicyclic) bond motifs is 1. The fraction of sp³-hybridized carbons (Fsp3) is 0.333. The molecule has 3 aromatic rings. The highest BCUT2D eigenvalue weighted by atomic mass is 35.5. The summed E-state index contributed by atoms with van der Waals surface area (Å²) in [5.74, 6) is -0.868. The van der Waals surface area contributed by atoms with E-state index in [0.29, 0.717) is 40.5 Å². The monoisotopic (exact) mass is 493 g/mol. The second kappa shape index (κ2) is 10.2. The summed E-state index contributed by atoms with van der Waals surface area (Å²) in [6.07, 6.45) is 3.94. The molecule has 1 saturated heterocycles. The van der Waals surface area contributed by atoms with Crippen molar-refractivity contribution in [1.82, 2.24) is 25.2 Å². The van der Waals surface area contributed by atoms with E-state index in [2.05, 4.69) is 33.3 Å². The lowest BCUT2D eigenvalue weighted by Crippen LogP contribution is -2.78. The maximum Gasteiger partial charge on any atom is 0.255 e. The Bertz CT molecular complexity index is 1340. The first-order chi connectivity index (χ1) is 16.8. The minimum absolute atomic E-state index is 0.153. The molecule has 11 heteroatoms. The Morgan fingerprint density at radius 1 is 1.40 bits per heavy atom. The Morgan fingerprint density at radius 3 is 2.89 bits per heavy atom. The molecule has 3 heterocycles. The average molecular weight is 494 g/mol. The number of halogens is 1. The summed E-state index contributed by atoms with van der Waals surface area (Å²) in [7, 11) is 0. The van der Waals surface area contributed by atoms with Gasteiger partial charge in [-0.05, 0) is 25.5 Å². The molecule has 1 atom stereocenters. The number of nitriles is 1. The number of hydrogen-bond acceptors (Lipinski definition) is 6. The molecule has 0 bridgehead atoms. The predicted octanol–water partition coefficient (Wildman–Crippen LogP) is 1.73. The SMILES string of the molecule is CCC[NH2+]c1cc(Cl)ccc1C(=N)c1cnc2[nH]cc(C(=O)N[C@H](C)C(=O)N3CC(C#N)C3)c2n1. The van der Waals surface area contributed by atoms with E-state index in [4.69, 9.17) is 22.3 Å². The Labute approximate surface area is 207 Å². The van der Waals surface area contributed by atoms with Crippen molar-refractivity contribution in [3.05, 3.63) is 52.4 Å². The maximum absolute atomic E-state index is 12.9. The van der Waals surface area contributed by atoms with Crippen molar-refractivity contribution >= 4 is 46.0 Å². The van der Waals surface area contributed by atoms with E-state index in [9.17, 15) is 9.59 Å². The number of H-pyrrole nitrogens is 1. The van der Waals surface area contributed by atoms with Gasteiger partial charge in [0.25, 0.3) is 5.91 Å². The highest BCUT2D eigenvalue weighted by Gasteiger charge is 2.33. The van der Waals surface area contributed by atoms with E-state index >= 15 is 0 Å². The van der Waals surface area contributed by atoms with Crippen molar-refractivity contribution in [3.8, 4) is 6.07 Å². The Hall–Kier alpha value is -3.81. The summed E-state index contributed by atoms with van der Waals surface area (Å²) in [5, 5.41) is 23.0. The van der Waals surface area contributed by atoms with Gasteiger partial charge in [-0.15, -0.1) is 0 Å². The number of aromatic nitrogens is 3. The van der Waals surface area contributed by atoms with Crippen LogP contribution in [0.5, 0.6) is 0 Å². The number of benzene rings is 1. The van der Waals surface area contributed by atoms with Gasteiger partial charge < -0.3 is 20.5 Å². The molecule has 0 aliphatic carbocycles. The third-order valence-corrected chi connectivity index (χ3v) is 6.15. The van der Waals surface area contributed by atoms with Crippen LogP contribution < -0.4 is 10.6 Å². The molecule has 1 aromatic carbocycles. The molecule has 0 unspecified atom stereocenters. The molecule has 1 fully saturated rings. The Kier molecular flexibility index (Phi) is 7.10. The molecule has 180 valence electrons. The lowest BCUT2D eigenvalue weighted by molar-refractivity contribution is -0.571. The van der Waals surface area contributed by atoms with Crippen LogP contribution in [0.1, 0.15) is 41.9 Å². The largest absolute Gasteiger partial charge is 0.344 e. The van der Waals surface area contributed by atoms with E-state index in [1.54, 1.807) is 24.0 Å². The number of nitrogens with zero attached hydrogens (tertiary/aromatic N) is 4. The standard InChI is InChI=1S/C24H25ClN8O2/c1-3-6-28-18-7-15(25)4-5-16(18)20(27)19-10-30-22-21(32-19)17(9-29-22)23(34)31-13(2)24(35)33-11-14(8-26)12-33/h4-5,7,9-10,13-14,27-28H,3,6,11-12H2,1-2H3,(H,29,30)(H,31,34)/p+1/t13-/m1/s1. The first-order valence-electron chi connectivity index (χ1n) is 11.4. The van der Waals surface area contributed by atoms with E-state index in [1.165, 1.54) is 12.4 Å². The molecule has 1 aliphatic rings. The van der Waals surface area contributed by atoms with Crippen molar-refractivity contribution in [2.45, 2.75) is 26.3 Å². The van der Waals surface area contributed by atoms with Crippen molar-refractivity contribution in [2.75, 3.05) is 19.6 Å². The molecule has 2 amide bonds. The van der Waals surface area contributed by atoms with Crippen molar-refractivity contribution in [2.24, 2.45) is 5.92 Å². The van der Waals surface area contributed by atoms with Crippen LogP contribution in [0.4, 0.5) is 5.69 Å². The number of carbonyl (C=O) groups is 2. The zero-order valence-corrected chi connectivity index (χ0v) is 20.2. The summed E-state index contributed by atoms with van der Waals surface area (Å²) in [6, 6.07) is 6.69. The third-order valence-electron chi connectivity index (χ3n) is 5.91. The summed E-state index contributed by atoms with van der Waals surface area (Å²) in [5.41, 5.74) is 2.93. The van der Waals surface area contributed by atoms with Crippen LogP contribution >= 0.6 is 11.6 Å². The van der Waals surface area contributed by atoms with Gasteiger partial charge in [-0.1, -0.05) is 18.5 Å². The normalized spacial score (nSPS) is 14.3. The summed E-state index contributed by atoms with van der Waals surface area (Å²) < 4.78 is 0. The van der Waals surface area contributed by atoms with Crippen molar-refractivity contribution in [3.63, 3.8) is 0 Å². The molecule has 35 heavy (non-hydrogen) atoms. The maximum atomic E-state index is 12.9. The van der Waals surface area contributed by atoms with Crippen LogP contribution in [-0.4, -0.2) is 63.1 Å². The summed E-state index contributed by atoms with van der Waals surface area (Å²) in [6.45, 7) is 5.28. The molecule has 0 saturated carbocycles. The fourth-order valence-corrected chi connectivity index (χ4v) is 4.08. The van der Waals surface area contributed by atoms with Crippen LogP contribution in [-0.2, 0) is 4.79 Å². The third kappa shape index (κ3) is 5.01. The molecule has 5 N–H and O–H groups in total.